The van der Waals surface area contributed by atoms with Crippen LogP contribution in [-0.2, 0) is 0 Å². The van der Waals surface area contributed by atoms with Gasteiger partial charge in [-0.1, -0.05) is 0 Å². The van der Waals surface area contributed by atoms with Gasteiger partial charge >= 0.3 is 0 Å². The van der Waals surface area contributed by atoms with Crippen LogP contribution >= 0.6 is 15.9 Å². The second kappa shape index (κ2) is 7.62. The van der Waals surface area contributed by atoms with Crippen LogP contribution in [0.25, 0.3) is 11.0 Å². The minimum Gasteiger partial charge on any atom is -0.400 e. The zero-order valence-corrected chi connectivity index (χ0v) is 14.1. The Morgan fingerprint density at radius 1 is 1.38 bits per heavy atom. The number of nitrogen functional groups attached to an aromatic ring is 1. The van der Waals surface area contributed by atoms with Crippen molar-refractivity contribution in [2.75, 3.05) is 18.2 Å². The van der Waals surface area contributed by atoms with E-state index in [-0.39, 0.29) is 5.82 Å². The smallest absolute Gasteiger partial charge is 0.167 e. The van der Waals surface area contributed by atoms with E-state index in [9.17, 15) is 4.79 Å². The summed E-state index contributed by atoms with van der Waals surface area (Å²) in [6.07, 6.45) is 4.75. The lowest BCUT2D eigenvalue weighted by Gasteiger charge is -2.08. The van der Waals surface area contributed by atoms with Crippen LogP contribution in [0.3, 0.4) is 0 Å². The second-order valence-corrected chi connectivity index (χ2v) is 5.18. The van der Waals surface area contributed by atoms with Crippen molar-refractivity contribution in [1.29, 1.82) is 5.41 Å². The van der Waals surface area contributed by atoms with Gasteiger partial charge in [-0.2, -0.15) is 0 Å². The maximum Gasteiger partial charge on any atom is 0.167 e. The van der Waals surface area contributed by atoms with Crippen molar-refractivity contribution in [3.63, 3.8) is 0 Å². The number of pyridine rings is 1. The van der Waals surface area contributed by atoms with E-state index in [1.807, 2.05) is 0 Å². The number of aldehydes is 1. The van der Waals surface area contributed by atoms with Gasteiger partial charge in [0.15, 0.2) is 6.29 Å². The normalized spacial score (nSPS) is 9.96. The summed E-state index contributed by atoms with van der Waals surface area (Å²) in [4.78, 5) is 26.2. The number of rotatable bonds is 4. The predicted octanol–water partition coefficient (Wildman–Crippen LogP) is 1.86. The first-order valence-electron chi connectivity index (χ1n) is 6.59. The van der Waals surface area contributed by atoms with Crippen molar-refractivity contribution in [3.05, 3.63) is 34.3 Å². The fraction of sp³-hybridized carbons (Fsp3) is 0.0714. The first-order valence-corrected chi connectivity index (χ1v) is 7.38. The van der Waals surface area contributed by atoms with E-state index in [1.165, 1.54) is 12.5 Å². The molecule has 3 rings (SSSR count). The molecule has 0 bridgehead atoms. The number of carbonyl (C=O) groups is 1. The largest absolute Gasteiger partial charge is 0.400 e. The quantitative estimate of drug-likeness (QED) is 0.335. The summed E-state index contributed by atoms with van der Waals surface area (Å²) in [6.45, 7) is 0. The van der Waals surface area contributed by atoms with E-state index in [2.05, 4.69) is 41.2 Å². The minimum absolute atomic E-state index is 0.277. The fourth-order valence-corrected chi connectivity index (χ4v) is 2.56. The lowest BCUT2D eigenvalue weighted by Crippen LogP contribution is -2.00. The molecule has 0 unspecified atom stereocenters. The van der Waals surface area contributed by atoms with E-state index in [0.717, 1.165) is 13.3 Å². The molecule has 124 valence electrons. The van der Waals surface area contributed by atoms with Crippen LogP contribution in [-0.4, -0.2) is 44.7 Å². The summed E-state index contributed by atoms with van der Waals surface area (Å²) < 4.78 is 0.580. The van der Waals surface area contributed by atoms with Crippen LogP contribution in [0.5, 0.6) is 0 Å². The van der Waals surface area contributed by atoms with Gasteiger partial charge in [0.2, 0.25) is 0 Å². The third kappa shape index (κ3) is 3.24. The van der Waals surface area contributed by atoms with Crippen molar-refractivity contribution in [2.45, 2.75) is 0 Å². The highest BCUT2D eigenvalue weighted by Gasteiger charge is 2.15. The van der Waals surface area contributed by atoms with Gasteiger partial charge in [0.05, 0.1) is 27.4 Å². The summed E-state index contributed by atoms with van der Waals surface area (Å²) in [5.41, 5.74) is 7.69. The van der Waals surface area contributed by atoms with Gasteiger partial charge in [-0.15, -0.1) is 0 Å². The number of nitrogens with zero attached hydrogens (tertiary/aromatic N) is 3. The number of carbonyl (C=O) groups excluding carboxylic acids is 1. The third-order valence-electron chi connectivity index (χ3n) is 3.04. The molecule has 3 aromatic heterocycles. The molecule has 10 heteroatoms. The summed E-state index contributed by atoms with van der Waals surface area (Å²) in [5.74, 6) is 0.781. The molecule has 0 fully saturated rings. The van der Waals surface area contributed by atoms with Gasteiger partial charge in [-0.3, -0.25) is 4.79 Å². The molecule has 0 aromatic carbocycles. The SMILES string of the molecule is CO.N=Cc1cc(Nc2ncnc3[nH]c(C=O)c(Br)c23)cnc1N. The lowest BCUT2D eigenvalue weighted by molar-refractivity contribution is 0.111. The molecule has 6 N–H and O–H groups in total. The van der Waals surface area contributed by atoms with Gasteiger partial charge in [0, 0.05) is 18.9 Å². The number of hydrogen-bond donors (Lipinski definition) is 5. The van der Waals surface area contributed by atoms with Crippen molar-refractivity contribution in [3.8, 4) is 0 Å². The molecule has 0 saturated carbocycles. The number of aromatic nitrogens is 4. The number of aliphatic hydroxyl groups excluding tert-OH is 1. The standard InChI is InChI=1S/C13H10BrN7O.CH4O/c14-10-8(4-22)21-13-9(10)12(18-5-19-13)20-7-1-6(2-15)11(16)17-3-7;1-2/h1-5,15H,(H2,16,17)(H2,18,19,20,21);2H,1H3. The van der Waals surface area contributed by atoms with Gasteiger partial charge in [-0.25, -0.2) is 15.0 Å². The Kier molecular flexibility index (Phi) is 5.55. The summed E-state index contributed by atoms with van der Waals surface area (Å²) in [5, 5.41) is 18.0. The highest BCUT2D eigenvalue weighted by Crippen LogP contribution is 2.32. The zero-order valence-electron chi connectivity index (χ0n) is 12.5. The Balaban J connectivity index is 0.00000100. The Hall–Kier alpha value is -2.85. The molecule has 3 aromatic rings. The Morgan fingerprint density at radius 3 is 2.79 bits per heavy atom. The van der Waals surface area contributed by atoms with E-state index in [4.69, 9.17) is 16.2 Å². The highest BCUT2D eigenvalue weighted by atomic mass is 79.9. The molecule has 9 nitrogen and oxygen atoms in total. The molecule has 0 aliphatic carbocycles. The second-order valence-electron chi connectivity index (χ2n) is 4.38. The first kappa shape index (κ1) is 17.5. The Labute approximate surface area is 145 Å². The number of aromatic amines is 1. The summed E-state index contributed by atoms with van der Waals surface area (Å²) >= 11 is 3.36. The van der Waals surface area contributed by atoms with E-state index < -0.39 is 0 Å². The number of aliphatic hydroxyl groups is 1. The van der Waals surface area contributed by atoms with E-state index in [1.54, 1.807) is 6.07 Å². The molecule has 24 heavy (non-hydrogen) atoms. The highest BCUT2D eigenvalue weighted by molar-refractivity contribution is 9.10. The molecule has 0 atom stereocenters. The van der Waals surface area contributed by atoms with Gasteiger partial charge in [0.25, 0.3) is 0 Å². The third-order valence-corrected chi connectivity index (χ3v) is 3.87. The molecule has 0 aliphatic rings. The number of nitrogens with two attached hydrogens (primary N) is 1. The van der Waals surface area contributed by atoms with Crippen molar-refractivity contribution < 1.29 is 9.90 Å². The molecular formula is C14H14BrN7O2. The number of fused-ring (bicyclic) bond motifs is 1. The summed E-state index contributed by atoms with van der Waals surface area (Å²) in [6, 6.07) is 1.68. The summed E-state index contributed by atoms with van der Waals surface area (Å²) in [7, 11) is 1.00. The first-order chi connectivity index (χ1) is 11.6. The van der Waals surface area contributed by atoms with Gasteiger partial charge < -0.3 is 26.6 Å². The molecule has 0 spiro atoms. The van der Waals surface area contributed by atoms with Crippen LogP contribution in [0.15, 0.2) is 23.1 Å². The number of nitrogens with one attached hydrogen (secondary N) is 3. The van der Waals surface area contributed by atoms with Crippen molar-refractivity contribution in [1.82, 2.24) is 19.9 Å². The number of H-pyrrole nitrogens is 1. The van der Waals surface area contributed by atoms with Gasteiger partial charge in [-0.05, 0) is 22.0 Å². The van der Waals surface area contributed by atoms with Crippen molar-refractivity contribution in [2.24, 2.45) is 0 Å². The van der Waals surface area contributed by atoms with Crippen LogP contribution in [0.1, 0.15) is 16.1 Å². The number of halogens is 1. The van der Waals surface area contributed by atoms with Gasteiger partial charge in [0.1, 0.15) is 23.6 Å². The molecule has 3 heterocycles. The average Bonchev–Trinajstić information content (AvgIpc) is 2.95. The number of anilines is 3. The van der Waals surface area contributed by atoms with Crippen LogP contribution in [0, 0.1) is 5.41 Å². The zero-order chi connectivity index (χ0) is 17.7. The monoisotopic (exact) mass is 391 g/mol. The van der Waals surface area contributed by atoms with Crippen molar-refractivity contribution >= 4 is 56.8 Å². The van der Waals surface area contributed by atoms with E-state index in [0.29, 0.717) is 44.6 Å². The fourth-order valence-electron chi connectivity index (χ4n) is 1.99. The molecule has 0 aliphatic heterocycles. The molecule has 0 saturated heterocycles. The average molecular weight is 392 g/mol. The maximum atomic E-state index is 11.0. The Bertz CT molecular complexity index is 894. The predicted molar refractivity (Wildman–Crippen MR) is 94.9 cm³/mol. The Morgan fingerprint density at radius 2 is 2.12 bits per heavy atom. The van der Waals surface area contributed by atoms with Crippen LogP contribution in [0.4, 0.5) is 17.3 Å². The minimum atomic E-state index is 0.277. The maximum absolute atomic E-state index is 11.0. The van der Waals surface area contributed by atoms with Crippen LogP contribution < -0.4 is 11.1 Å². The van der Waals surface area contributed by atoms with Crippen LogP contribution in [0.2, 0.25) is 0 Å². The molecular weight excluding hydrogens is 378 g/mol. The molecule has 0 amide bonds. The lowest BCUT2D eigenvalue weighted by atomic mass is 10.2. The number of hydrogen-bond acceptors (Lipinski definition) is 8. The van der Waals surface area contributed by atoms with E-state index >= 15 is 0 Å². The topological polar surface area (TPSA) is 154 Å². The molecule has 0 radical (unpaired) electrons.